The number of hydrogen-bond acceptors (Lipinski definition) is 2. The van der Waals surface area contributed by atoms with Gasteiger partial charge >= 0.3 is 0 Å². The van der Waals surface area contributed by atoms with Crippen LogP contribution in [0.5, 0.6) is 0 Å². The van der Waals surface area contributed by atoms with Crippen LogP contribution in [0.25, 0.3) is 10.9 Å². The topological polar surface area (TPSA) is 29.9 Å². The summed E-state index contributed by atoms with van der Waals surface area (Å²) in [5.74, 6) is 0. The molecule has 0 aliphatic carbocycles. The van der Waals surface area contributed by atoms with Crippen molar-refractivity contribution in [3.8, 4) is 0 Å². The van der Waals surface area contributed by atoms with Gasteiger partial charge in [-0.1, -0.05) is 32.0 Å². The van der Waals surface area contributed by atoms with Gasteiger partial charge in [0.05, 0.1) is 0 Å². The van der Waals surface area contributed by atoms with Crippen LogP contribution in [0.2, 0.25) is 0 Å². The third-order valence-corrected chi connectivity index (χ3v) is 3.67. The molecule has 21 heavy (non-hydrogen) atoms. The summed E-state index contributed by atoms with van der Waals surface area (Å²) in [4.78, 5) is 4.08. The normalized spacial score (nSPS) is 11.4. The van der Waals surface area contributed by atoms with E-state index >= 15 is 0 Å². The first kappa shape index (κ1) is 13.8. The molecule has 108 valence electrons. The molecule has 3 nitrogen and oxygen atoms in total. The molecule has 0 fully saturated rings. The van der Waals surface area contributed by atoms with Gasteiger partial charge in [-0.3, -0.25) is 4.98 Å². The Morgan fingerprint density at radius 1 is 1.10 bits per heavy atom. The Balaban J connectivity index is 1.95. The molecule has 3 rings (SSSR count). The van der Waals surface area contributed by atoms with Crippen LogP contribution in [0.3, 0.4) is 0 Å². The predicted octanol–water partition coefficient (Wildman–Crippen LogP) is 3.58. The van der Waals surface area contributed by atoms with Crippen molar-refractivity contribution in [1.29, 1.82) is 0 Å². The van der Waals surface area contributed by atoms with Gasteiger partial charge in [-0.25, -0.2) is 0 Å². The summed E-state index contributed by atoms with van der Waals surface area (Å²) >= 11 is 0. The molecule has 0 atom stereocenters. The smallest absolute Gasteiger partial charge is 0.0486 e. The van der Waals surface area contributed by atoms with Crippen LogP contribution >= 0.6 is 0 Å². The Bertz CT molecular complexity index is 714. The number of benzene rings is 1. The average Bonchev–Trinajstić information content (AvgIpc) is 2.85. The molecule has 3 aromatic rings. The molecular weight excluding hydrogens is 258 g/mol. The van der Waals surface area contributed by atoms with Gasteiger partial charge in [0.1, 0.15) is 0 Å². The maximum Gasteiger partial charge on any atom is 0.0486 e. The maximum absolute atomic E-state index is 4.08. The molecule has 0 spiro atoms. The van der Waals surface area contributed by atoms with Crippen molar-refractivity contribution in [2.24, 2.45) is 0 Å². The Labute approximate surface area is 125 Å². The lowest BCUT2D eigenvalue weighted by Crippen LogP contribution is -2.21. The van der Waals surface area contributed by atoms with Gasteiger partial charge in [0.25, 0.3) is 0 Å². The van der Waals surface area contributed by atoms with E-state index in [-0.39, 0.29) is 0 Å². The van der Waals surface area contributed by atoms with Crippen molar-refractivity contribution < 1.29 is 0 Å². The van der Waals surface area contributed by atoms with Crippen LogP contribution in [-0.4, -0.2) is 15.6 Å². The largest absolute Gasteiger partial charge is 0.343 e. The number of hydrogen-bond donors (Lipinski definition) is 1. The highest BCUT2D eigenvalue weighted by molar-refractivity contribution is 5.84. The summed E-state index contributed by atoms with van der Waals surface area (Å²) in [5, 5.41) is 4.84. The average molecular weight is 279 g/mol. The highest BCUT2D eigenvalue weighted by Gasteiger charge is 2.08. The Morgan fingerprint density at radius 2 is 1.86 bits per heavy atom. The second kappa shape index (κ2) is 6.10. The standard InChI is InChI=1S/C18H21N3/c1-14(2)20-11-16-13-21(12-15-7-9-19-10-8-15)18-6-4-3-5-17(16)18/h3-10,13-14,20H,11-12H2,1-2H3. The number of para-hydroxylation sites is 1. The number of rotatable bonds is 5. The van der Waals surface area contributed by atoms with Gasteiger partial charge in [-0.2, -0.15) is 0 Å². The molecule has 0 aliphatic heterocycles. The molecule has 0 aliphatic rings. The van der Waals surface area contributed by atoms with Crippen LogP contribution in [0.4, 0.5) is 0 Å². The van der Waals surface area contributed by atoms with Gasteiger partial charge in [-0.15, -0.1) is 0 Å². The first-order valence-electron chi connectivity index (χ1n) is 7.43. The summed E-state index contributed by atoms with van der Waals surface area (Å²) in [6.07, 6.45) is 5.96. The first-order valence-corrected chi connectivity index (χ1v) is 7.43. The minimum absolute atomic E-state index is 0.493. The fourth-order valence-electron chi connectivity index (χ4n) is 2.59. The third-order valence-electron chi connectivity index (χ3n) is 3.67. The van der Waals surface area contributed by atoms with Crippen LogP contribution in [-0.2, 0) is 13.1 Å². The summed E-state index contributed by atoms with van der Waals surface area (Å²) < 4.78 is 2.32. The molecule has 2 aromatic heterocycles. The van der Waals surface area contributed by atoms with E-state index in [2.05, 4.69) is 71.3 Å². The second-order valence-electron chi connectivity index (χ2n) is 5.69. The Morgan fingerprint density at radius 3 is 2.62 bits per heavy atom. The molecule has 1 aromatic carbocycles. The molecule has 3 heteroatoms. The molecule has 0 amide bonds. The SMILES string of the molecule is CC(C)NCc1cn(Cc2ccncc2)c2ccccc12. The second-order valence-corrected chi connectivity index (χ2v) is 5.69. The highest BCUT2D eigenvalue weighted by atomic mass is 15.0. The van der Waals surface area contributed by atoms with Gasteiger partial charge < -0.3 is 9.88 Å². The number of pyridine rings is 1. The zero-order valence-corrected chi connectivity index (χ0v) is 12.6. The van der Waals surface area contributed by atoms with Gasteiger partial charge in [0.15, 0.2) is 0 Å². The number of nitrogens with zero attached hydrogens (tertiary/aromatic N) is 2. The summed E-state index contributed by atoms with van der Waals surface area (Å²) in [6, 6.07) is 13.2. The molecule has 0 radical (unpaired) electrons. The van der Waals surface area contributed by atoms with Crippen LogP contribution in [0.15, 0.2) is 55.0 Å². The number of nitrogens with one attached hydrogen (secondary N) is 1. The molecular formula is C18H21N3. The van der Waals surface area contributed by atoms with E-state index in [1.807, 2.05) is 12.4 Å². The number of aromatic nitrogens is 2. The molecule has 2 heterocycles. The van der Waals surface area contributed by atoms with Crippen molar-refractivity contribution in [2.45, 2.75) is 33.0 Å². The maximum atomic E-state index is 4.08. The van der Waals surface area contributed by atoms with Gasteiger partial charge in [0, 0.05) is 48.6 Å². The molecule has 0 saturated heterocycles. The lowest BCUT2D eigenvalue weighted by Gasteiger charge is -2.06. The lowest BCUT2D eigenvalue weighted by molar-refractivity contribution is 0.589. The van der Waals surface area contributed by atoms with E-state index in [9.17, 15) is 0 Å². The lowest BCUT2D eigenvalue weighted by atomic mass is 10.1. The Kier molecular flexibility index (Phi) is 4.02. The first-order chi connectivity index (χ1) is 10.2. The zero-order valence-electron chi connectivity index (χ0n) is 12.6. The molecule has 0 unspecified atom stereocenters. The van der Waals surface area contributed by atoms with Crippen molar-refractivity contribution in [2.75, 3.05) is 0 Å². The molecule has 0 bridgehead atoms. The summed E-state index contributed by atoms with van der Waals surface area (Å²) in [6.45, 7) is 6.14. The highest BCUT2D eigenvalue weighted by Crippen LogP contribution is 2.22. The third kappa shape index (κ3) is 3.14. The van der Waals surface area contributed by atoms with Crippen LogP contribution in [0.1, 0.15) is 25.0 Å². The number of fused-ring (bicyclic) bond motifs is 1. The van der Waals surface area contributed by atoms with Gasteiger partial charge in [-0.05, 0) is 29.3 Å². The van der Waals surface area contributed by atoms with Gasteiger partial charge in [0.2, 0.25) is 0 Å². The van der Waals surface area contributed by atoms with Crippen molar-refractivity contribution in [1.82, 2.24) is 14.9 Å². The fraction of sp³-hybridized carbons (Fsp3) is 0.278. The van der Waals surface area contributed by atoms with Crippen molar-refractivity contribution >= 4 is 10.9 Å². The predicted molar refractivity (Wildman–Crippen MR) is 87.3 cm³/mol. The van der Waals surface area contributed by atoms with E-state index in [1.54, 1.807) is 0 Å². The molecule has 1 N–H and O–H groups in total. The van der Waals surface area contributed by atoms with Crippen molar-refractivity contribution in [3.63, 3.8) is 0 Å². The minimum atomic E-state index is 0.493. The quantitative estimate of drug-likeness (QED) is 0.773. The summed E-state index contributed by atoms with van der Waals surface area (Å²) in [7, 11) is 0. The van der Waals surface area contributed by atoms with E-state index in [0.717, 1.165) is 13.1 Å². The van der Waals surface area contributed by atoms with Crippen molar-refractivity contribution in [3.05, 3.63) is 66.1 Å². The fourth-order valence-corrected chi connectivity index (χ4v) is 2.59. The van der Waals surface area contributed by atoms with Crippen LogP contribution in [0, 0.1) is 0 Å². The van der Waals surface area contributed by atoms with E-state index in [1.165, 1.54) is 22.0 Å². The van der Waals surface area contributed by atoms with Crippen LogP contribution < -0.4 is 5.32 Å². The van der Waals surface area contributed by atoms with E-state index in [4.69, 9.17) is 0 Å². The Hall–Kier alpha value is -2.13. The van der Waals surface area contributed by atoms with E-state index < -0.39 is 0 Å². The van der Waals surface area contributed by atoms with E-state index in [0.29, 0.717) is 6.04 Å². The zero-order chi connectivity index (χ0) is 14.7. The monoisotopic (exact) mass is 279 g/mol. The molecule has 0 saturated carbocycles. The minimum Gasteiger partial charge on any atom is -0.343 e. The summed E-state index contributed by atoms with van der Waals surface area (Å²) in [5.41, 5.74) is 3.91.